The number of hydrogen-bond donors (Lipinski definition) is 1. The van der Waals surface area contributed by atoms with E-state index in [1.165, 1.54) is 56.5 Å². The number of hydrogen-bond acceptors (Lipinski definition) is 2. The van der Waals surface area contributed by atoms with Crippen molar-refractivity contribution in [2.75, 3.05) is 13.1 Å². The summed E-state index contributed by atoms with van der Waals surface area (Å²) in [4.78, 5) is 11.0. The number of H-pyrrole nitrogens is 1. The van der Waals surface area contributed by atoms with Crippen molar-refractivity contribution in [3.63, 3.8) is 0 Å². The molecule has 1 saturated heterocycles. The molecular weight excluding hydrogens is 234 g/mol. The third kappa shape index (κ3) is 2.06. The minimum Gasteiger partial charge on any atom is -0.342 e. The van der Waals surface area contributed by atoms with Crippen molar-refractivity contribution in [1.29, 1.82) is 0 Å². The number of benzene rings is 1. The monoisotopic (exact) mass is 255 g/mol. The highest BCUT2D eigenvalue weighted by Gasteiger charge is 2.31. The predicted octanol–water partition coefficient (Wildman–Crippen LogP) is 3.29. The number of aromatic nitrogens is 2. The molecule has 2 fully saturated rings. The molecular formula is C16H21N3. The SMILES string of the molecule is c1ccc2[nH]c(C3CCN(C4CCCC4)C3)nc2c1. The van der Waals surface area contributed by atoms with Crippen LogP contribution in [0, 0.1) is 0 Å². The zero-order valence-corrected chi connectivity index (χ0v) is 11.3. The van der Waals surface area contributed by atoms with E-state index in [1.807, 2.05) is 0 Å². The van der Waals surface area contributed by atoms with Gasteiger partial charge in [0.2, 0.25) is 0 Å². The topological polar surface area (TPSA) is 31.9 Å². The Bertz CT molecular complexity index is 535. The van der Waals surface area contributed by atoms with Gasteiger partial charge in [0.1, 0.15) is 5.82 Å². The van der Waals surface area contributed by atoms with Gasteiger partial charge < -0.3 is 4.98 Å². The van der Waals surface area contributed by atoms with Crippen molar-refractivity contribution in [2.24, 2.45) is 0 Å². The summed E-state index contributed by atoms with van der Waals surface area (Å²) in [6, 6.07) is 9.21. The van der Waals surface area contributed by atoms with Gasteiger partial charge in [-0.2, -0.15) is 0 Å². The average Bonchev–Trinajstić information content (AvgIpc) is 3.17. The van der Waals surface area contributed by atoms with Gasteiger partial charge in [0, 0.05) is 18.5 Å². The standard InChI is InChI=1S/C16H21N3/c1-2-6-13(5-1)19-10-9-12(11-19)16-17-14-7-3-4-8-15(14)18-16/h3-4,7-8,12-13H,1-2,5-6,9-11H2,(H,17,18). The Morgan fingerprint density at radius 3 is 2.79 bits per heavy atom. The van der Waals surface area contributed by atoms with Crippen molar-refractivity contribution in [3.05, 3.63) is 30.1 Å². The maximum Gasteiger partial charge on any atom is 0.111 e. The summed E-state index contributed by atoms with van der Waals surface area (Å²) in [5.41, 5.74) is 2.29. The molecule has 0 amide bonds. The summed E-state index contributed by atoms with van der Waals surface area (Å²) in [5.74, 6) is 1.80. The van der Waals surface area contributed by atoms with Gasteiger partial charge in [-0.25, -0.2) is 4.98 Å². The molecule has 3 heteroatoms. The van der Waals surface area contributed by atoms with Crippen molar-refractivity contribution < 1.29 is 0 Å². The lowest BCUT2D eigenvalue weighted by atomic mass is 10.1. The number of aromatic amines is 1. The molecule has 19 heavy (non-hydrogen) atoms. The van der Waals surface area contributed by atoms with Crippen LogP contribution in [0.4, 0.5) is 0 Å². The van der Waals surface area contributed by atoms with Gasteiger partial charge in [0.15, 0.2) is 0 Å². The second kappa shape index (κ2) is 4.64. The Morgan fingerprint density at radius 1 is 1.11 bits per heavy atom. The predicted molar refractivity (Wildman–Crippen MR) is 77.3 cm³/mol. The second-order valence-corrected chi connectivity index (χ2v) is 6.06. The summed E-state index contributed by atoms with van der Waals surface area (Å²) < 4.78 is 0. The Hall–Kier alpha value is -1.35. The summed E-state index contributed by atoms with van der Waals surface area (Å²) in [5, 5.41) is 0. The van der Waals surface area contributed by atoms with Gasteiger partial charge in [-0.15, -0.1) is 0 Å². The Labute approximate surface area is 114 Å². The van der Waals surface area contributed by atoms with Gasteiger partial charge in [-0.3, -0.25) is 4.90 Å². The smallest absolute Gasteiger partial charge is 0.111 e. The van der Waals surface area contributed by atoms with Crippen molar-refractivity contribution in [1.82, 2.24) is 14.9 Å². The second-order valence-electron chi connectivity index (χ2n) is 6.06. The molecule has 3 nitrogen and oxygen atoms in total. The summed E-state index contributed by atoms with van der Waals surface area (Å²) >= 11 is 0. The number of imidazole rings is 1. The number of fused-ring (bicyclic) bond motifs is 1. The van der Waals surface area contributed by atoms with E-state index in [2.05, 4.69) is 34.1 Å². The van der Waals surface area contributed by atoms with Gasteiger partial charge >= 0.3 is 0 Å². The molecule has 2 aromatic rings. The molecule has 0 spiro atoms. The van der Waals surface area contributed by atoms with Crippen LogP contribution in [0.1, 0.15) is 43.8 Å². The third-order valence-corrected chi connectivity index (χ3v) is 4.86. The summed E-state index contributed by atoms with van der Waals surface area (Å²) in [6.45, 7) is 2.46. The zero-order chi connectivity index (χ0) is 12.7. The summed E-state index contributed by atoms with van der Waals surface area (Å²) in [7, 11) is 0. The molecule has 2 heterocycles. The molecule has 1 aromatic heterocycles. The molecule has 0 radical (unpaired) electrons. The van der Waals surface area contributed by atoms with Crippen molar-refractivity contribution in [3.8, 4) is 0 Å². The minimum atomic E-state index is 0.605. The van der Waals surface area contributed by atoms with E-state index in [-0.39, 0.29) is 0 Å². The summed E-state index contributed by atoms with van der Waals surface area (Å²) in [6.07, 6.45) is 6.93. The molecule has 2 aliphatic rings. The van der Waals surface area contributed by atoms with Crippen LogP contribution in [0.5, 0.6) is 0 Å². The molecule has 100 valence electrons. The molecule has 1 aliphatic heterocycles. The third-order valence-electron chi connectivity index (χ3n) is 4.86. The number of nitrogens with one attached hydrogen (secondary N) is 1. The first-order valence-electron chi connectivity index (χ1n) is 7.59. The van der Waals surface area contributed by atoms with E-state index in [9.17, 15) is 0 Å². The van der Waals surface area contributed by atoms with E-state index >= 15 is 0 Å². The van der Waals surface area contributed by atoms with Crippen LogP contribution in [0.25, 0.3) is 11.0 Å². The van der Waals surface area contributed by atoms with E-state index < -0.39 is 0 Å². The van der Waals surface area contributed by atoms with Crippen molar-refractivity contribution in [2.45, 2.75) is 44.1 Å². The van der Waals surface area contributed by atoms with Crippen LogP contribution < -0.4 is 0 Å². The van der Waals surface area contributed by atoms with Gasteiger partial charge in [-0.1, -0.05) is 25.0 Å². The van der Waals surface area contributed by atoms with Crippen LogP contribution >= 0.6 is 0 Å². The lowest BCUT2D eigenvalue weighted by Gasteiger charge is -2.23. The van der Waals surface area contributed by atoms with Crippen molar-refractivity contribution >= 4 is 11.0 Å². The lowest BCUT2D eigenvalue weighted by molar-refractivity contribution is 0.243. The highest BCUT2D eigenvalue weighted by Crippen LogP contribution is 2.32. The maximum absolute atomic E-state index is 4.77. The average molecular weight is 255 g/mol. The Kier molecular flexibility index (Phi) is 2.80. The number of likely N-dealkylation sites (tertiary alicyclic amines) is 1. The number of para-hydroxylation sites is 2. The maximum atomic E-state index is 4.77. The van der Waals surface area contributed by atoms with E-state index in [0.29, 0.717) is 5.92 Å². The molecule has 1 aliphatic carbocycles. The molecule has 0 bridgehead atoms. The Morgan fingerprint density at radius 2 is 1.95 bits per heavy atom. The first-order valence-corrected chi connectivity index (χ1v) is 7.59. The van der Waals surface area contributed by atoms with Crippen LogP contribution in [0.3, 0.4) is 0 Å². The minimum absolute atomic E-state index is 0.605. The van der Waals surface area contributed by atoms with Crippen LogP contribution in [-0.4, -0.2) is 34.0 Å². The zero-order valence-electron chi connectivity index (χ0n) is 11.3. The number of rotatable bonds is 2. The molecule has 4 rings (SSSR count). The number of nitrogens with zero attached hydrogens (tertiary/aromatic N) is 2. The molecule has 1 unspecified atom stereocenters. The fourth-order valence-electron chi connectivity index (χ4n) is 3.78. The highest BCUT2D eigenvalue weighted by molar-refractivity contribution is 5.74. The van der Waals surface area contributed by atoms with E-state index in [0.717, 1.165) is 11.6 Å². The molecule has 1 atom stereocenters. The normalized spacial score (nSPS) is 25.6. The first kappa shape index (κ1) is 11.5. The van der Waals surface area contributed by atoms with E-state index in [1.54, 1.807) is 0 Å². The molecule has 1 N–H and O–H groups in total. The van der Waals surface area contributed by atoms with Crippen LogP contribution in [0.15, 0.2) is 24.3 Å². The fourth-order valence-corrected chi connectivity index (χ4v) is 3.78. The first-order chi connectivity index (χ1) is 9.40. The molecule has 1 saturated carbocycles. The highest BCUT2D eigenvalue weighted by atomic mass is 15.2. The van der Waals surface area contributed by atoms with Gasteiger partial charge in [0.05, 0.1) is 11.0 Å². The molecule has 1 aromatic carbocycles. The Balaban J connectivity index is 1.53. The quantitative estimate of drug-likeness (QED) is 0.893. The fraction of sp³-hybridized carbons (Fsp3) is 0.562. The van der Waals surface area contributed by atoms with Crippen LogP contribution in [0.2, 0.25) is 0 Å². The van der Waals surface area contributed by atoms with E-state index in [4.69, 9.17) is 4.98 Å². The largest absolute Gasteiger partial charge is 0.342 e. The van der Waals surface area contributed by atoms with Gasteiger partial charge in [0.25, 0.3) is 0 Å². The van der Waals surface area contributed by atoms with Crippen LogP contribution in [-0.2, 0) is 0 Å². The van der Waals surface area contributed by atoms with Gasteiger partial charge in [-0.05, 0) is 37.9 Å². The lowest BCUT2D eigenvalue weighted by Crippen LogP contribution is -2.30.